The van der Waals surface area contributed by atoms with Crippen LogP contribution in [0.15, 0.2) is 0 Å². The lowest BCUT2D eigenvalue weighted by molar-refractivity contribution is -0.140. The van der Waals surface area contributed by atoms with Crippen molar-refractivity contribution >= 4 is 6.47 Å². The standard InChI is InChI=1S/C8H16N2O2/c1-7(9)5-10-4-2-3-8(10)12-6-11/h6-8H,2-5,9H2,1H3. The van der Waals surface area contributed by atoms with Crippen molar-refractivity contribution in [1.82, 2.24) is 4.90 Å². The quantitative estimate of drug-likeness (QED) is 0.603. The van der Waals surface area contributed by atoms with E-state index in [2.05, 4.69) is 4.90 Å². The van der Waals surface area contributed by atoms with Gasteiger partial charge in [0, 0.05) is 19.1 Å². The summed E-state index contributed by atoms with van der Waals surface area (Å²) in [6.07, 6.45) is 1.99. The Bertz CT molecular complexity index is 150. The normalized spacial score (nSPS) is 27.0. The summed E-state index contributed by atoms with van der Waals surface area (Å²) in [4.78, 5) is 12.2. The van der Waals surface area contributed by atoms with Gasteiger partial charge in [0.1, 0.15) is 0 Å². The smallest absolute Gasteiger partial charge is 0.294 e. The van der Waals surface area contributed by atoms with Gasteiger partial charge in [-0.05, 0) is 19.8 Å². The highest BCUT2D eigenvalue weighted by Crippen LogP contribution is 2.17. The fraction of sp³-hybridized carbons (Fsp3) is 0.875. The molecule has 4 heteroatoms. The van der Waals surface area contributed by atoms with Crippen LogP contribution in [0.25, 0.3) is 0 Å². The van der Waals surface area contributed by atoms with Crippen molar-refractivity contribution in [3.8, 4) is 0 Å². The van der Waals surface area contributed by atoms with Crippen LogP contribution < -0.4 is 5.73 Å². The first kappa shape index (κ1) is 9.48. The fourth-order valence-corrected chi connectivity index (χ4v) is 1.59. The highest BCUT2D eigenvalue weighted by atomic mass is 16.5. The zero-order valence-corrected chi connectivity index (χ0v) is 7.40. The molecule has 1 saturated heterocycles. The Morgan fingerprint density at radius 3 is 3.17 bits per heavy atom. The van der Waals surface area contributed by atoms with Crippen LogP contribution in [0.4, 0.5) is 0 Å². The Morgan fingerprint density at radius 1 is 1.83 bits per heavy atom. The van der Waals surface area contributed by atoms with E-state index in [1.165, 1.54) is 0 Å². The molecule has 1 rings (SSSR count). The summed E-state index contributed by atoms with van der Waals surface area (Å²) in [5, 5.41) is 0. The van der Waals surface area contributed by atoms with Gasteiger partial charge in [0.2, 0.25) is 0 Å². The van der Waals surface area contributed by atoms with Gasteiger partial charge >= 0.3 is 0 Å². The maximum atomic E-state index is 10.1. The summed E-state index contributed by atoms with van der Waals surface area (Å²) >= 11 is 0. The van der Waals surface area contributed by atoms with Crippen LogP contribution in [0.1, 0.15) is 19.8 Å². The van der Waals surface area contributed by atoms with E-state index in [1.807, 2.05) is 6.92 Å². The van der Waals surface area contributed by atoms with Crippen LogP contribution in [-0.4, -0.2) is 36.7 Å². The number of rotatable bonds is 4. The van der Waals surface area contributed by atoms with E-state index in [4.69, 9.17) is 10.5 Å². The Kier molecular flexibility index (Phi) is 3.49. The molecule has 1 fully saturated rings. The lowest BCUT2D eigenvalue weighted by atomic mass is 10.3. The average Bonchev–Trinajstić information content (AvgIpc) is 2.37. The number of likely N-dealkylation sites (tertiary alicyclic amines) is 1. The molecule has 0 radical (unpaired) electrons. The third-order valence-electron chi connectivity index (χ3n) is 2.04. The lowest BCUT2D eigenvalue weighted by Crippen LogP contribution is -2.39. The summed E-state index contributed by atoms with van der Waals surface area (Å²) in [6, 6.07) is 0.140. The molecule has 2 atom stereocenters. The van der Waals surface area contributed by atoms with Crippen molar-refractivity contribution in [2.45, 2.75) is 32.0 Å². The number of hydrogen-bond acceptors (Lipinski definition) is 4. The van der Waals surface area contributed by atoms with Gasteiger partial charge in [-0.3, -0.25) is 9.69 Å². The minimum absolute atomic E-state index is 0.0338. The van der Waals surface area contributed by atoms with E-state index in [0.717, 1.165) is 25.9 Å². The zero-order valence-electron chi connectivity index (χ0n) is 7.40. The molecule has 0 bridgehead atoms. The molecule has 0 aromatic heterocycles. The molecule has 0 amide bonds. The molecular formula is C8H16N2O2. The second-order valence-corrected chi connectivity index (χ2v) is 3.30. The predicted molar refractivity (Wildman–Crippen MR) is 45.4 cm³/mol. The van der Waals surface area contributed by atoms with E-state index in [0.29, 0.717) is 6.47 Å². The van der Waals surface area contributed by atoms with Crippen LogP contribution in [0.2, 0.25) is 0 Å². The van der Waals surface area contributed by atoms with Gasteiger partial charge < -0.3 is 10.5 Å². The molecule has 0 aromatic rings. The summed E-state index contributed by atoms with van der Waals surface area (Å²) in [7, 11) is 0. The zero-order chi connectivity index (χ0) is 8.97. The molecule has 2 N–H and O–H groups in total. The van der Waals surface area contributed by atoms with Crippen LogP contribution >= 0.6 is 0 Å². The maximum Gasteiger partial charge on any atom is 0.294 e. The van der Waals surface area contributed by atoms with Crippen LogP contribution in [0.3, 0.4) is 0 Å². The molecule has 2 unspecified atom stereocenters. The molecule has 0 aromatic carbocycles. The van der Waals surface area contributed by atoms with Crippen molar-refractivity contribution in [2.24, 2.45) is 5.73 Å². The van der Waals surface area contributed by atoms with Crippen molar-refractivity contribution in [2.75, 3.05) is 13.1 Å². The second-order valence-electron chi connectivity index (χ2n) is 3.30. The fourth-order valence-electron chi connectivity index (χ4n) is 1.59. The highest BCUT2D eigenvalue weighted by molar-refractivity contribution is 5.37. The molecule has 4 nitrogen and oxygen atoms in total. The van der Waals surface area contributed by atoms with Gasteiger partial charge in [0.15, 0.2) is 6.23 Å². The average molecular weight is 172 g/mol. The topological polar surface area (TPSA) is 55.6 Å². The molecular weight excluding hydrogens is 156 g/mol. The molecule has 0 saturated carbocycles. The first-order chi connectivity index (χ1) is 5.74. The molecule has 0 spiro atoms. The van der Waals surface area contributed by atoms with Crippen LogP contribution in [0.5, 0.6) is 0 Å². The van der Waals surface area contributed by atoms with Crippen molar-refractivity contribution in [3.63, 3.8) is 0 Å². The summed E-state index contributed by atoms with van der Waals surface area (Å²) in [5.74, 6) is 0. The largest absolute Gasteiger partial charge is 0.449 e. The van der Waals surface area contributed by atoms with E-state index < -0.39 is 0 Å². The summed E-state index contributed by atoms with van der Waals surface area (Å²) in [5.41, 5.74) is 5.65. The molecule has 1 aliphatic rings. The van der Waals surface area contributed by atoms with E-state index >= 15 is 0 Å². The number of carbonyl (C=O) groups excluding carboxylic acids is 1. The monoisotopic (exact) mass is 172 g/mol. The van der Waals surface area contributed by atoms with E-state index in [9.17, 15) is 4.79 Å². The van der Waals surface area contributed by atoms with Gasteiger partial charge in [-0.2, -0.15) is 0 Å². The Morgan fingerprint density at radius 2 is 2.58 bits per heavy atom. The summed E-state index contributed by atoms with van der Waals surface area (Å²) in [6.45, 7) is 4.26. The maximum absolute atomic E-state index is 10.1. The highest BCUT2D eigenvalue weighted by Gasteiger charge is 2.25. The molecule has 0 aliphatic carbocycles. The predicted octanol–water partition coefficient (Wildman–Crippen LogP) is -0.0715. The molecule has 1 aliphatic heterocycles. The second kappa shape index (κ2) is 4.42. The molecule has 1 heterocycles. The lowest BCUT2D eigenvalue weighted by Gasteiger charge is -2.23. The van der Waals surface area contributed by atoms with Gasteiger partial charge in [0.25, 0.3) is 6.47 Å². The third kappa shape index (κ3) is 2.46. The Balaban J connectivity index is 2.35. The number of nitrogens with zero attached hydrogens (tertiary/aromatic N) is 1. The molecule has 12 heavy (non-hydrogen) atoms. The van der Waals surface area contributed by atoms with Crippen LogP contribution in [0, 0.1) is 0 Å². The van der Waals surface area contributed by atoms with Crippen molar-refractivity contribution < 1.29 is 9.53 Å². The molecule has 70 valence electrons. The Labute approximate surface area is 72.7 Å². The third-order valence-corrected chi connectivity index (χ3v) is 2.04. The Hall–Kier alpha value is -0.610. The van der Waals surface area contributed by atoms with Crippen LogP contribution in [-0.2, 0) is 9.53 Å². The van der Waals surface area contributed by atoms with Crippen molar-refractivity contribution in [3.05, 3.63) is 0 Å². The van der Waals surface area contributed by atoms with Gasteiger partial charge in [-0.25, -0.2) is 0 Å². The number of nitrogens with two attached hydrogens (primary N) is 1. The van der Waals surface area contributed by atoms with E-state index in [1.54, 1.807) is 0 Å². The first-order valence-corrected chi connectivity index (χ1v) is 4.32. The van der Waals surface area contributed by atoms with Gasteiger partial charge in [-0.1, -0.05) is 0 Å². The first-order valence-electron chi connectivity index (χ1n) is 4.32. The number of ether oxygens (including phenoxy) is 1. The minimum Gasteiger partial charge on any atom is -0.449 e. The number of carbonyl (C=O) groups is 1. The summed E-state index contributed by atoms with van der Waals surface area (Å²) < 4.78 is 4.91. The number of hydrogen-bond donors (Lipinski definition) is 1. The SMILES string of the molecule is CC(N)CN1CCCC1OC=O. The van der Waals surface area contributed by atoms with Crippen molar-refractivity contribution in [1.29, 1.82) is 0 Å². The van der Waals surface area contributed by atoms with E-state index in [-0.39, 0.29) is 12.3 Å². The minimum atomic E-state index is -0.0338. The van der Waals surface area contributed by atoms with Gasteiger partial charge in [-0.15, -0.1) is 0 Å². The van der Waals surface area contributed by atoms with Gasteiger partial charge in [0.05, 0.1) is 0 Å².